The predicted octanol–water partition coefficient (Wildman–Crippen LogP) is 3.90. The molecule has 0 fully saturated rings. The summed E-state index contributed by atoms with van der Waals surface area (Å²) in [5, 5.41) is 3.57. The molecule has 2 heteroatoms. The quantitative estimate of drug-likeness (QED) is 0.889. The molecule has 1 atom stereocenters. The van der Waals surface area contributed by atoms with Crippen molar-refractivity contribution in [3.63, 3.8) is 0 Å². The molecular weight excluding hydrogens is 244 g/mol. The van der Waals surface area contributed by atoms with Crippen LogP contribution >= 0.6 is 0 Å². The highest BCUT2D eigenvalue weighted by atomic mass is 14.9. The first kappa shape index (κ1) is 14.7. The number of hydrogen-bond donors (Lipinski definition) is 1. The lowest BCUT2D eigenvalue weighted by Crippen LogP contribution is -2.23. The summed E-state index contributed by atoms with van der Waals surface area (Å²) in [5.74, 6) is 0. The molecule has 0 saturated carbocycles. The zero-order valence-corrected chi connectivity index (χ0v) is 12.9. The van der Waals surface area contributed by atoms with Crippen LogP contribution in [0, 0.1) is 20.8 Å². The molecule has 0 aliphatic heterocycles. The predicted molar refractivity (Wildman–Crippen MR) is 85.0 cm³/mol. The van der Waals surface area contributed by atoms with Crippen LogP contribution in [0.4, 0.5) is 0 Å². The molecule has 20 heavy (non-hydrogen) atoms. The van der Waals surface area contributed by atoms with Crippen LogP contribution in [-0.4, -0.2) is 11.5 Å². The minimum atomic E-state index is 0.328. The zero-order valence-electron chi connectivity index (χ0n) is 12.9. The lowest BCUT2D eigenvalue weighted by atomic mass is 9.97. The Morgan fingerprint density at radius 1 is 1.05 bits per heavy atom. The Balaban J connectivity index is 2.22. The second-order valence-electron chi connectivity index (χ2n) is 5.53. The van der Waals surface area contributed by atoms with Gasteiger partial charge in [0.05, 0.1) is 0 Å². The third kappa shape index (κ3) is 3.67. The van der Waals surface area contributed by atoms with Gasteiger partial charge in [0.2, 0.25) is 0 Å². The van der Waals surface area contributed by atoms with Crippen molar-refractivity contribution in [3.8, 4) is 0 Å². The fourth-order valence-electron chi connectivity index (χ4n) is 2.49. The summed E-state index contributed by atoms with van der Waals surface area (Å²) in [6.07, 6.45) is 4.88. The zero-order chi connectivity index (χ0) is 14.5. The molecule has 0 aliphatic rings. The minimum Gasteiger partial charge on any atom is -0.310 e. The van der Waals surface area contributed by atoms with Crippen LogP contribution in [0.25, 0.3) is 0 Å². The summed E-state index contributed by atoms with van der Waals surface area (Å²) in [6, 6.07) is 9.29. The Kier molecular flexibility index (Phi) is 4.91. The van der Waals surface area contributed by atoms with Gasteiger partial charge in [-0.15, -0.1) is 0 Å². The number of aromatic nitrogens is 1. The van der Waals surface area contributed by atoms with Crippen molar-refractivity contribution >= 4 is 0 Å². The van der Waals surface area contributed by atoms with Crippen LogP contribution in [0.15, 0.2) is 36.7 Å². The molecule has 1 aromatic carbocycles. The molecule has 0 aliphatic carbocycles. The van der Waals surface area contributed by atoms with Gasteiger partial charge in [-0.2, -0.15) is 0 Å². The van der Waals surface area contributed by atoms with E-state index in [2.05, 4.69) is 62.3 Å². The summed E-state index contributed by atoms with van der Waals surface area (Å²) in [5.41, 5.74) is 6.57. The van der Waals surface area contributed by atoms with E-state index in [1.54, 1.807) is 0 Å². The van der Waals surface area contributed by atoms with Crippen molar-refractivity contribution in [3.05, 3.63) is 64.5 Å². The van der Waals surface area contributed by atoms with Crippen LogP contribution in [0.1, 0.15) is 40.8 Å². The van der Waals surface area contributed by atoms with Crippen molar-refractivity contribution < 1.29 is 0 Å². The van der Waals surface area contributed by atoms with Crippen LogP contribution in [-0.2, 0) is 6.42 Å². The lowest BCUT2D eigenvalue weighted by molar-refractivity contribution is 0.547. The van der Waals surface area contributed by atoms with E-state index in [1.807, 2.05) is 12.4 Å². The number of hydrogen-bond acceptors (Lipinski definition) is 2. The molecular formula is C18H24N2. The summed E-state index contributed by atoms with van der Waals surface area (Å²) < 4.78 is 0. The van der Waals surface area contributed by atoms with E-state index in [9.17, 15) is 0 Å². The van der Waals surface area contributed by atoms with Crippen molar-refractivity contribution in [2.24, 2.45) is 0 Å². The molecule has 0 bridgehead atoms. The third-order valence-corrected chi connectivity index (χ3v) is 3.76. The normalized spacial score (nSPS) is 12.4. The van der Waals surface area contributed by atoms with E-state index >= 15 is 0 Å². The van der Waals surface area contributed by atoms with E-state index in [-0.39, 0.29) is 0 Å². The standard InChI is InChI=1S/C18H24N2/c1-5-20-18(17-8-13(2)11-19-12-17)10-16-7-6-14(3)15(4)9-16/h6-9,11-12,18,20H,5,10H2,1-4H3. The van der Waals surface area contributed by atoms with Gasteiger partial charge in [-0.1, -0.05) is 31.2 Å². The van der Waals surface area contributed by atoms with E-state index in [0.29, 0.717) is 6.04 Å². The number of likely N-dealkylation sites (N-methyl/N-ethyl adjacent to an activating group) is 1. The largest absolute Gasteiger partial charge is 0.310 e. The highest BCUT2D eigenvalue weighted by Gasteiger charge is 2.12. The van der Waals surface area contributed by atoms with Crippen molar-refractivity contribution in [1.82, 2.24) is 10.3 Å². The first-order valence-electron chi connectivity index (χ1n) is 7.31. The number of rotatable bonds is 5. The second kappa shape index (κ2) is 6.67. The number of pyridine rings is 1. The van der Waals surface area contributed by atoms with Gasteiger partial charge in [-0.3, -0.25) is 4.98 Å². The fourth-order valence-corrected chi connectivity index (χ4v) is 2.49. The monoisotopic (exact) mass is 268 g/mol. The average Bonchev–Trinajstić information content (AvgIpc) is 2.42. The highest BCUT2D eigenvalue weighted by Crippen LogP contribution is 2.20. The molecule has 1 N–H and O–H groups in total. The van der Waals surface area contributed by atoms with Gasteiger partial charge >= 0.3 is 0 Å². The van der Waals surface area contributed by atoms with Crippen LogP contribution in [0.5, 0.6) is 0 Å². The SMILES string of the molecule is CCNC(Cc1ccc(C)c(C)c1)c1cncc(C)c1. The van der Waals surface area contributed by atoms with Gasteiger partial charge in [0.15, 0.2) is 0 Å². The molecule has 0 radical (unpaired) electrons. The van der Waals surface area contributed by atoms with Crippen molar-refractivity contribution in [2.75, 3.05) is 6.54 Å². The molecule has 1 aromatic heterocycles. The number of benzene rings is 1. The molecule has 2 rings (SSSR count). The smallest absolute Gasteiger partial charge is 0.0376 e. The van der Waals surface area contributed by atoms with Gasteiger partial charge in [-0.25, -0.2) is 0 Å². The van der Waals surface area contributed by atoms with E-state index < -0.39 is 0 Å². The maximum absolute atomic E-state index is 4.32. The molecule has 2 aromatic rings. The van der Waals surface area contributed by atoms with Crippen LogP contribution < -0.4 is 5.32 Å². The maximum Gasteiger partial charge on any atom is 0.0376 e. The molecule has 106 valence electrons. The van der Waals surface area contributed by atoms with Gasteiger partial charge in [0.1, 0.15) is 0 Å². The molecule has 1 unspecified atom stereocenters. The average molecular weight is 268 g/mol. The number of nitrogens with one attached hydrogen (secondary N) is 1. The van der Waals surface area contributed by atoms with E-state index in [1.165, 1.54) is 27.8 Å². The Morgan fingerprint density at radius 2 is 1.85 bits per heavy atom. The van der Waals surface area contributed by atoms with Gasteiger partial charge in [0.25, 0.3) is 0 Å². The van der Waals surface area contributed by atoms with Crippen molar-refractivity contribution in [1.29, 1.82) is 0 Å². The Hall–Kier alpha value is -1.67. The first-order chi connectivity index (χ1) is 9.60. The number of nitrogens with zero attached hydrogens (tertiary/aromatic N) is 1. The summed E-state index contributed by atoms with van der Waals surface area (Å²) in [4.78, 5) is 4.32. The van der Waals surface area contributed by atoms with E-state index in [0.717, 1.165) is 13.0 Å². The van der Waals surface area contributed by atoms with Gasteiger partial charge < -0.3 is 5.32 Å². The first-order valence-corrected chi connectivity index (χ1v) is 7.31. The summed E-state index contributed by atoms with van der Waals surface area (Å²) in [6.45, 7) is 9.54. The molecule has 0 spiro atoms. The number of aryl methyl sites for hydroxylation is 3. The molecule has 2 nitrogen and oxygen atoms in total. The van der Waals surface area contributed by atoms with Crippen LogP contribution in [0.2, 0.25) is 0 Å². The Morgan fingerprint density at radius 3 is 2.50 bits per heavy atom. The maximum atomic E-state index is 4.32. The molecule has 0 saturated heterocycles. The van der Waals surface area contributed by atoms with Gasteiger partial charge in [0, 0.05) is 18.4 Å². The molecule has 1 heterocycles. The van der Waals surface area contributed by atoms with Crippen molar-refractivity contribution in [2.45, 2.75) is 40.2 Å². The summed E-state index contributed by atoms with van der Waals surface area (Å²) in [7, 11) is 0. The fraction of sp³-hybridized carbons (Fsp3) is 0.389. The molecule has 0 amide bonds. The van der Waals surface area contributed by atoms with Gasteiger partial charge in [-0.05, 0) is 61.6 Å². The Labute approximate surface area is 122 Å². The lowest BCUT2D eigenvalue weighted by Gasteiger charge is -2.19. The third-order valence-electron chi connectivity index (χ3n) is 3.76. The minimum absolute atomic E-state index is 0.328. The summed E-state index contributed by atoms with van der Waals surface area (Å²) >= 11 is 0. The Bertz CT molecular complexity index is 575. The van der Waals surface area contributed by atoms with E-state index in [4.69, 9.17) is 0 Å². The highest BCUT2D eigenvalue weighted by molar-refractivity contribution is 5.31. The topological polar surface area (TPSA) is 24.9 Å². The van der Waals surface area contributed by atoms with Crippen LogP contribution in [0.3, 0.4) is 0 Å². The second-order valence-corrected chi connectivity index (χ2v) is 5.53.